The van der Waals surface area contributed by atoms with Crippen LogP contribution in [0.15, 0.2) is 21.5 Å². The molecule has 0 N–H and O–H groups in total. The van der Waals surface area contributed by atoms with Crippen LogP contribution in [0.5, 0.6) is 0 Å². The quantitative estimate of drug-likeness (QED) is 0.702. The molecule has 0 aliphatic heterocycles. The summed E-state index contributed by atoms with van der Waals surface area (Å²) >= 11 is 10.8. The van der Waals surface area contributed by atoms with Crippen molar-refractivity contribution in [1.29, 1.82) is 5.26 Å². The molecular formula is C8H5BrClNS. The van der Waals surface area contributed by atoms with Gasteiger partial charge in [-0.1, -0.05) is 11.6 Å². The van der Waals surface area contributed by atoms with Crippen LogP contribution in [0, 0.1) is 11.3 Å². The van der Waals surface area contributed by atoms with E-state index in [1.54, 1.807) is 6.92 Å². The molecule has 0 aliphatic rings. The standard InChI is InChI=1S/C8H5BrClNS/c1-5(4-11)7(10)8-6(9)2-3-12-8/h2-3H,1H3/b7-5-. The lowest BCUT2D eigenvalue weighted by Crippen LogP contribution is -1.75. The van der Waals surface area contributed by atoms with Gasteiger partial charge in [-0.05, 0) is 34.3 Å². The first-order chi connectivity index (χ1) is 5.66. The summed E-state index contributed by atoms with van der Waals surface area (Å²) in [6.45, 7) is 1.70. The Balaban J connectivity index is 3.18. The largest absolute Gasteiger partial charge is 0.193 e. The van der Waals surface area contributed by atoms with Crippen LogP contribution in [0.2, 0.25) is 0 Å². The van der Waals surface area contributed by atoms with Crippen molar-refractivity contribution in [3.8, 4) is 6.07 Å². The summed E-state index contributed by atoms with van der Waals surface area (Å²) in [6.07, 6.45) is 0. The maximum absolute atomic E-state index is 8.59. The lowest BCUT2D eigenvalue weighted by Gasteiger charge is -1.95. The molecule has 1 aromatic heterocycles. The van der Waals surface area contributed by atoms with Gasteiger partial charge in [0.1, 0.15) is 0 Å². The molecule has 0 bridgehead atoms. The molecule has 0 aliphatic carbocycles. The van der Waals surface area contributed by atoms with Gasteiger partial charge in [0.05, 0.1) is 16.0 Å². The molecule has 1 heterocycles. The van der Waals surface area contributed by atoms with E-state index in [9.17, 15) is 0 Å². The first kappa shape index (κ1) is 9.79. The van der Waals surface area contributed by atoms with E-state index in [1.807, 2.05) is 17.5 Å². The minimum atomic E-state index is 0.527. The molecule has 0 spiro atoms. The molecule has 1 aromatic rings. The van der Waals surface area contributed by atoms with Gasteiger partial charge in [0.2, 0.25) is 0 Å². The van der Waals surface area contributed by atoms with Gasteiger partial charge in [0.15, 0.2) is 0 Å². The average molecular weight is 263 g/mol. The van der Waals surface area contributed by atoms with Gasteiger partial charge in [-0.15, -0.1) is 11.3 Å². The fourth-order valence-corrected chi connectivity index (χ4v) is 2.62. The highest BCUT2D eigenvalue weighted by Gasteiger charge is 2.07. The smallest absolute Gasteiger partial charge is 0.0960 e. The van der Waals surface area contributed by atoms with Crippen LogP contribution in [0.1, 0.15) is 11.8 Å². The van der Waals surface area contributed by atoms with E-state index in [-0.39, 0.29) is 0 Å². The van der Waals surface area contributed by atoms with Gasteiger partial charge < -0.3 is 0 Å². The molecule has 0 amide bonds. The van der Waals surface area contributed by atoms with Crippen LogP contribution in [0.3, 0.4) is 0 Å². The summed E-state index contributed by atoms with van der Waals surface area (Å²) in [7, 11) is 0. The molecule has 0 radical (unpaired) electrons. The molecular weight excluding hydrogens is 258 g/mol. The van der Waals surface area contributed by atoms with Gasteiger partial charge in [0, 0.05) is 10.0 Å². The van der Waals surface area contributed by atoms with Crippen LogP contribution >= 0.6 is 38.9 Å². The topological polar surface area (TPSA) is 23.8 Å². The molecule has 12 heavy (non-hydrogen) atoms. The third-order valence-corrected chi connectivity index (χ3v) is 3.75. The number of allylic oxidation sites excluding steroid dienone is 1. The molecule has 62 valence electrons. The van der Waals surface area contributed by atoms with Crippen molar-refractivity contribution in [3.05, 3.63) is 26.4 Å². The Morgan fingerprint density at radius 2 is 2.42 bits per heavy atom. The zero-order valence-corrected chi connectivity index (χ0v) is 9.42. The number of halogens is 2. The highest BCUT2D eigenvalue weighted by atomic mass is 79.9. The van der Waals surface area contributed by atoms with Crippen molar-refractivity contribution in [1.82, 2.24) is 0 Å². The molecule has 4 heteroatoms. The molecule has 0 aromatic carbocycles. The Hall–Kier alpha value is -0.300. The fraction of sp³-hybridized carbons (Fsp3) is 0.125. The SMILES string of the molecule is C/C(C#N)=C(/Cl)c1sccc1Br. The summed E-state index contributed by atoms with van der Waals surface area (Å²) in [5.41, 5.74) is 0.541. The van der Waals surface area contributed by atoms with E-state index in [0.717, 1.165) is 9.35 Å². The number of thiophene rings is 1. The summed E-state index contributed by atoms with van der Waals surface area (Å²) < 4.78 is 0.937. The van der Waals surface area contributed by atoms with Gasteiger partial charge in [-0.25, -0.2) is 0 Å². The summed E-state index contributed by atoms with van der Waals surface area (Å²) in [5.74, 6) is 0. The fourth-order valence-electron chi connectivity index (χ4n) is 0.670. The van der Waals surface area contributed by atoms with Crippen LogP contribution in [-0.4, -0.2) is 0 Å². The molecule has 1 nitrogen and oxygen atoms in total. The molecule has 0 saturated carbocycles. The van der Waals surface area contributed by atoms with Crippen molar-refractivity contribution >= 4 is 43.9 Å². The van der Waals surface area contributed by atoms with Gasteiger partial charge in [-0.3, -0.25) is 0 Å². The molecule has 1 rings (SSSR count). The molecule has 0 unspecified atom stereocenters. The molecule has 0 saturated heterocycles. The lowest BCUT2D eigenvalue weighted by molar-refractivity contribution is 1.46. The van der Waals surface area contributed by atoms with E-state index >= 15 is 0 Å². The van der Waals surface area contributed by atoms with Crippen LogP contribution in [0.4, 0.5) is 0 Å². The average Bonchev–Trinajstić information content (AvgIpc) is 2.48. The van der Waals surface area contributed by atoms with E-state index < -0.39 is 0 Å². The number of hydrogen-bond acceptors (Lipinski definition) is 2. The number of rotatable bonds is 1. The molecule has 0 atom stereocenters. The maximum Gasteiger partial charge on any atom is 0.0960 e. The van der Waals surface area contributed by atoms with Crippen LogP contribution < -0.4 is 0 Å². The Bertz CT molecular complexity index is 361. The second kappa shape index (κ2) is 4.08. The van der Waals surface area contributed by atoms with Gasteiger partial charge in [0.25, 0.3) is 0 Å². The van der Waals surface area contributed by atoms with Gasteiger partial charge in [-0.2, -0.15) is 5.26 Å². The Kier molecular flexibility index (Phi) is 3.33. The second-order valence-electron chi connectivity index (χ2n) is 2.15. The lowest BCUT2D eigenvalue weighted by atomic mass is 10.3. The zero-order chi connectivity index (χ0) is 9.14. The summed E-state index contributed by atoms with van der Waals surface area (Å²) in [4.78, 5) is 0.913. The first-order valence-corrected chi connectivity index (χ1v) is 5.21. The van der Waals surface area contributed by atoms with Crippen molar-refractivity contribution < 1.29 is 0 Å². The highest BCUT2D eigenvalue weighted by molar-refractivity contribution is 9.10. The van der Waals surface area contributed by atoms with E-state index in [0.29, 0.717) is 10.6 Å². The molecule has 0 fully saturated rings. The number of hydrogen-bond donors (Lipinski definition) is 0. The van der Waals surface area contributed by atoms with Crippen molar-refractivity contribution in [2.75, 3.05) is 0 Å². The van der Waals surface area contributed by atoms with Crippen molar-refractivity contribution in [2.24, 2.45) is 0 Å². The Morgan fingerprint density at radius 3 is 2.83 bits per heavy atom. The van der Waals surface area contributed by atoms with E-state index in [4.69, 9.17) is 16.9 Å². The summed E-state index contributed by atoms with van der Waals surface area (Å²) in [6, 6.07) is 3.92. The minimum Gasteiger partial charge on any atom is -0.193 e. The second-order valence-corrected chi connectivity index (χ2v) is 4.30. The monoisotopic (exact) mass is 261 g/mol. The van der Waals surface area contributed by atoms with Crippen molar-refractivity contribution in [2.45, 2.75) is 6.92 Å². The highest BCUT2D eigenvalue weighted by Crippen LogP contribution is 2.33. The predicted molar refractivity (Wildman–Crippen MR) is 56.1 cm³/mol. The van der Waals surface area contributed by atoms with E-state index in [1.165, 1.54) is 11.3 Å². The third kappa shape index (κ3) is 1.89. The van der Waals surface area contributed by atoms with E-state index in [2.05, 4.69) is 15.9 Å². The number of nitriles is 1. The number of nitrogens with zero attached hydrogens (tertiary/aromatic N) is 1. The Labute approximate surface area is 88.4 Å². The zero-order valence-electron chi connectivity index (χ0n) is 6.27. The minimum absolute atomic E-state index is 0.527. The van der Waals surface area contributed by atoms with Crippen LogP contribution in [-0.2, 0) is 0 Å². The third-order valence-electron chi connectivity index (χ3n) is 1.31. The van der Waals surface area contributed by atoms with Gasteiger partial charge >= 0.3 is 0 Å². The maximum atomic E-state index is 8.59. The predicted octanol–water partition coefficient (Wildman–Crippen LogP) is 4.00. The normalized spacial score (nSPS) is 12.2. The Morgan fingerprint density at radius 1 is 1.75 bits per heavy atom. The van der Waals surface area contributed by atoms with Crippen molar-refractivity contribution in [3.63, 3.8) is 0 Å². The first-order valence-electron chi connectivity index (χ1n) is 3.16. The van der Waals surface area contributed by atoms with Crippen LogP contribution in [0.25, 0.3) is 5.03 Å². The summed E-state index contributed by atoms with van der Waals surface area (Å²) in [5, 5.41) is 11.0.